The van der Waals surface area contributed by atoms with Crippen molar-refractivity contribution in [1.29, 1.82) is 0 Å². The lowest BCUT2D eigenvalue weighted by Gasteiger charge is -2.15. The van der Waals surface area contributed by atoms with Gasteiger partial charge in [0.25, 0.3) is 0 Å². The highest BCUT2D eigenvalue weighted by Gasteiger charge is 2.11. The Morgan fingerprint density at radius 3 is 2.87 bits per heavy atom. The monoisotopic (exact) mass is 334 g/mol. The van der Waals surface area contributed by atoms with E-state index in [1.54, 1.807) is 17.5 Å². The fourth-order valence-electron chi connectivity index (χ4n) is 2.06. The Morgan fingerprint density at radius 2 is 2.22 bits per heavy atom. The molecule has 2 aromatic rings. The third-order valence-corrected chi connectivity index (χ3v) is 4.53. The average Bonchev–Trinajstić information content (AvgIpc) is 3.05. The second-order valence-electron chi connectivity index (χ2n) is 5.21. The predicted molar refractivity (Wildman–Crippen MR) is 90.2 cm³/mol. The fourth-order valence-corrected chi connectivity index (χ4v) is 2.87. The summed E-state index contributed by atoms with van der Waals surface area (Å²) in [5.74, 6) is -0.0535. The van der Waals surface area contributed by atoms with Gasteiger partial charge in [-0.2, -0.15) is 0 Å². The molecule has 0 aliphatic rings. The largest absolute Gasteiger partial charge is 0.396 e. The number of rotatable bonds is 8. The smallest absolute Gasteiger partial charge is 0.315 e. The highest BCUT2D eigenvalue weighted by Crippen LogP contribution is 2.12. The maximum absolute atomic E-state index is 11.8. The highest BCUT2D eigenvalue weighted by molar-refractivity contribution is 7.11. The van der Waals surface area contributed by atoms with Gasteiger partial charge in [0, 0.05) is 42.0 Å². The molecular formula is C16H22N4O2S. The summed E-state index contributed by atoms with van der Waals surface area (Å²) in [6, 6.07) is 5.43. The molecule has 1 unspecified atom stereocenters. The molecule has 23 heavy (non-hydrogen) atoms. The van der Waals surface area contributed by atoms with Gasteiger partial charge in [-0.15, -0.1) is 11.3 Å². The van der Waals surface area contributed by atoms with Gasteiger partial charge in [0.2, 0.25) is 0 Å². The average molecular weight is 334 g/mol. The van der Waals surface area contributed by atoms with E-state index in [1.807, 2.05) is 24.4 Å². The molecule has 3 N–H and O–H groups in total. The molecule has 6 nitrogen and oxygen atoms in total. The summed E-state index contributed by atoms with van der Waals surface area (Å²) in [4.78, 5) is 21.5. The molecule has 0 saturated carbocycles. The van der Waals surface area contributed by atoms with Crippen molar-refractivity contribution < 1.29 is 9.90 Å². The van der Waals surface area contributed by atoms with Crippen LogP contribution in [-0.4, -0.2) is 34.3 Å². The molecule has 2 heterocycles. The normalized spacial score (nSPS) is 11.9. The van der Waals surface area contributed by atoms with Crippen molar-refractivity contribution in [2.75, 3.05) is 13.2 Å². The zero-order valence-corrected chi connectivity index (χ0v) is 14.0. The topological polar surface area (TPSA) is 87.1 Å². The Hall–Kier alpha value is -1.99. The van der Waals surface area contributed by atoms with Crippen LogP contribution in [0.25, 0.3) is 0 Å². The highest BCUT2D eigenvalue weighted by atomic mass is 32.1. The van der Waals surface area contributed by atoms with Gasteiger partial charge in [-0.05, 0) is 25.0 Å². The summed E-state index contributed by atoms with van der Waals surface area (Å²) in [7, 11) is 0. The van der Waals surface area contributed by atoms with Crippen LogP contribution < -0.4 is 10.6 Å². The number of aromatic nitrogens is 2. The van der Waals surface area contributed by atoms with E-state index in [9.17, 15) is 9.90 Å². The van der Waals surface area contributed by atoms with Gasteiger partial charge in [-0.25, -0.2) is 9.78 Å². The summed E-state index contributed by atoms with van der Waals surface area (Å²) in [5.41, 5.74) is 0.906. The molecule has 7 heteroatoms. The van der Waals surface area contributed by atoms with Gasteiger partial charge < -0.3 is 15.7 Å². The van der Waals surface area contributed by atoms with E-state index in [0.29, 0.717) is 19.5 Å². The van der Waals surface area contributed by atoms with Crippen molar-refractivity contribution in [3.8, 4) is 0 Å². The summed E-state index contributed by atoms with van der Waals surface area (Å²) < 4.78 is 0. The van der Waals surface area contributed by atoms with Gasteiger partial charge >= 0.3 is 6.03 Å². The van der Waals surface area contributed by atoms with Crippen LogP contribution in [0.5, 0.6) is 0 Å². The zero-order valence-electron chi connectivity index (χ0n) is 13.2. The Kier molecular flexibility index (Phi) is 6.96. The first-order valence-electron chi connectivity index (χ1n) is 7.67. The first-order chi connectivity index (χ1) is 11.2. The van der Waals surface area contributed by atoms with Gasteiger partial charge in [0.05, 0.1) is 6.54 Å². The van der Waals surface area contributed by atoms with Crippen LogP contribution in [0.1, 0.15) is 22.5 Å². The molecule has 0 radical (unpaired) electrons. The molecule has 124 valence electrons. The number of urea groups is 1. The van der Waals surface area contributed by atoms with Crippen LogP contribution in [0.3, 0.4) is 0 Å². The number of pyridine rings is 1. The number of thiazole rings is 1. The molecule has 0 aliphatic heterocycles. The number of nitrogens with one attached hydrogen (secondary N) is 2. The number of hydrogen-bond donors (Lipinski definition) is 3. The van der Waals surface area contributed by atoms with Crippen molar-refractivity contribution in [2.24, 2.45) is 5.92 Å². The van der Waals surface area contributed by atoms with Crippen LogP contribution in [0.4, 0.5) is 4.79 Å². The second-order valence-corrected chi connectivity index (χ2v) is 6.41. The molecule has 1 atom stereocenters. The molecular weight excluding hydrogens is 312 g/mol. The number of carbonyl (C=O) groups is 1. The number of aliphatic hydroxyl groups excluding tert-OH is 1. The lowest BCUT2D eigenvalue weighted by molar-refractivity contribution is 0.213. The van der Waals surface area contributed by atoms with Crippen LogP contribution in [0.15, 0.2) is 30.6 Å². The maximum atomic E-state index is 11.8. The molecule has 2 rings (SSSR count). The number of hydrogen-bond acceptors (Lipinski definition) is 5. The van der Waals surface area contributed by atoms with Crippen LogP contribution in [0.2, 0.25) is 0 Å². The van der Waals surface area contributed by atoms with Crippen LogP contribution in [0, 0.1) is 5.92 Å². The Labute approximate surface area is 140 Å². The molecule has 0 fully saturated rings. The number of aliphatic hydroxyl groups is 1. The third kappa shape index (κ3) is 5.96. The SMILES string of the molecule is CCc1cnc(CNC(=O)NCC(CO)Cc2ccccn2)s1. The standard InChI is InChI=1S/C16H22N4O2S/c1-2-14-9-18-15(23-14)10-20-16(22)19-8-12(11-21)7-13-5-3-4-6-17-13/h3-6,9,12,21H,2,7-8,10-11H2,1H3,(H2,19,20,22). The molecule has 2 aromatic heterocycles. The van der Waals surface area contributed by atoms with Crippen LogP contribution >= 0.6 is 11.3 Å². The summed E-state index contributed by atoms with van der Waals surface area (Å²) >= 11 is 1.60. The van der Waals surface area contributed by atoms with Crippen molar-refractivity contribution in [1.82, 2.24) is 20.6 Å². The van der Waals surface area contributed by atoms with Gasteiger partial charge in [-0.3, -0.25) is 4.98 Å². The van der Waals surface area contributed by atoms with Gasteiger partial charge in [-0.1, -0.05) is 13.0 Å². The first kappa shape index (κ1) is 17.4. The second kappa shape index (κ2) is 9.22. The van der Waals surface area contributed by atoms with E-state index >= 15 is 0 Å². The maximum Gasteiger partial charge on any atom is 0.315 e. The van der Waals surface area contributed by atoms with Gasteiger partial charge in [0.1, 0.15) is 5.01 Å². The zero-order chi connectivity index (χ0) is 16.5. The Bertz CT molecular complexity index is 603. The minimum Gasteiger partial charge on any atom is -0.396 e. The van der Waals surface area contributed by atoms with Gasteiger partial charge in [0.15, 0.2) is 0 Å². The van der Waals surface area contributed by atoms with Crippen molar-refractivity contribution >= 4 is 17.4 Å². The minimum atomic E-state index is -0.252. The fraction of sp³-hybridized carbons (Fsp3) is 0.438. The molecule has 0 aromatic carbocycles. The molecule has 0 spiro atoms. The van der Waals surface area contributed by atoms with Crippen molar-refractivity contribution in [3.05, 3.63) is 46.2 Å². The van der Waals surface area contributed by atoms with E-state index in [0.717, 1.165) is 17.1 Å². The number of carbonyl (C=O) groups excluding carboxylic acids is 1. The summed E-state index contributed by atoms with van der Waals surface area (Å²) in [6.45, 7) is 2.90. The summed E-state index contributed by atoms with van der Waals surface area (Å²) in [5, 5.41) is 15.9. The van der Waals surface area contributed by atoms with Crippen molar-refractivity contribution in [2.45, 2.75) is 26.3 Å². The number of aryl methyl sites for hydroxylation is 1. The summed E-state index contributed by atoms with van der Waals surface area (Å²) in [6.07, 6.45) is 5.15. The lowest BCUT2D eigenvalue weighted by atomic mass is 10.0. The molecule has 0 aliphatic carbocycles. The molecule has 0 saturated heterocycles. The predicted octanol–water partition coefficient (Wildman–Crippen LogP) is 1.75. The molecule has 0 bridgehead atoms. The first-order valence-corrected chi connectivity index (χ1v) is 8.49. The minimum absolute atomic E-state index is 0.00317. The van der Waals surface area contributed by atoms with E-state index in [-0.39, 0.29) is 18.6 Å². The molecule has 2 amide bonds. The number of amides is 2. The van der Waals surface area contributed by atoms with E-state index in [4.69, 9.17) is 0 Å². The van der Waals surface area contributed by atoms with E-state index < -0.39 is 0 Å². The lowest BCUT2D eigenvalue weighted by Crippen LogP contribution is -2.39. The Morgan fingerprint density at radius 1 is 1.35 bits per heavy atom. The third-order valence-electron chi connectivity index (χ3n) is 3.38. The van der Waals surface area contributed by atoms with E-state index in [1.165, 1.54) is 4.88 Å². The van der Waals surface area contributed by atoms with Crippen LogP contribution in [-0.2, 0) is 19.4 Å². The number of nitrogens with zero attached hydrogens (tertiary/aromatic N) is 2. The van der Waals surface area contributed by atoms with Crippen molar-refractivity contribution in [3.63, 3.8) is 0 Å². The Balaban J connectivity index is 1.71. The van der Waals surface area contributed by atoms with E-state index in [2.05, 4.69) is 27.5 Å². The quantitative estimate of drug-likeness (QED) is 0.686.